The second kappa shape index (κ2) is 9.55. The van der Waals surface area contributed by atoms with E-state index in [1.54, 1.807) is 0 Å². The molecule has 2 N–H and O–H groups in total. The van der Waals surface area contributed by atoms with Crippen LogP contribution in [0.15, 0.2) is 12.1 Å². The molecule has 3 nitrogen and oxygen atoms in total. The molecule has 0 radical (unpaired) electrons. The van der Waals surface area contributed by atoms with Gasteiger partial charge in [-0.25, -0.2) is 0 Å². The number of hydrogen-bond acceptors (Lipinski definition) is 3. The third kappa shape index (κ3) is 6.26. The number of phenols is 1. The maximum Gasteiger partial charge on any atom is 0.123 e. The minimum absolute atomic E-state index is 0. The average Bonchev–Trinajstić information content (AvgIpc) is 2.46. The van der Waals surface area contributed by atoms with Crippen LogP contribution in [0.25, 0.3) is 0 Å². The van der Waals surface area contributed by atoms with Gasteiger partial charge in [0.2, 0.25) is 0 Å². The zero-order valence-electron chi connectivity index (χ0n) is 19.3. The van der Waals surface area contributed by atoms with Gasteiger partial charge in [0.25, 0.3) is 0 Å². The van der Waals surface area contributed by atoms with Crippen molar-refractivity contribution in [3.05, 3.63) is 28.8 Å². The Morgan fingerprint density at radius 1 is 0.821 bits per heavy atom. The highest BCUT2D eigenvalue weighted by molar-refractivity contribution is 5.85. The quantitative estimate of drug-likeness (QED) is 0.617. The fraction of sp³-hybridized carbons (Fsp3) is 0.739. The Bertz CT molecular complexity index is 598. The van der Waals surface area contributed by atoms with Crippen LogP contribution in [0, 0.1) is 5.41 Å². The van der Waals surface area contributed by atoms with Gasteiger partial charge in [-0.1, -0.05) is 62.3 Å². The van der Waals surface area contributed by atoms with Gasteiger partial charge in [-0.2, -0.15) is 0 Å². The van der Waals surface area contributed by atoms with Gasteiger partial charge in [-0.15, -0.1) is 24.8 Å². The molecule has 0 aromatic heterocycles. The zero-order valence-corrected chi connectivity index (χ0v) is 20.9. The van der Waals surface area contributed by atoms with Gasteiger partial charge in [-0.05, 0) is 45.1 Å². The molecule has 0 spiro atoms. The van der Waals surface area contributed by atoms with E-state index >= 15 is 0 Å². The van der Waals surface area contributed by atoms with Crippen molar-refractivity contribution in [1.29, 1.82) is 0 Å². The van der Waals surface area contributed by atoms with E-state index in [0.29, 0.717) is 11.8 Å². The van der Waals surface area contributed by atoms with Crippen molar-refractivity contribution in [3.8, 4) is 5.75 Å². The monoisotopic (exact) mass is 432 g/mol. The molecule has 1 aromatic rings. The van der Waals surface area contributed by atoms with Gasteiger partial charge >= 0.3 is 0 Å². The number of hydrogen-bond donors (Lipinski definition) is 2. The second-order valence-corrected chi connectivity index (χ2v) is 11.0. The number of piperazine rings is 1. The molecular formula is C23H42Cl2N2O. The standard InChI is InChI=1S/C23H40N2O.2ClH/c1-21(2,3)17-14-16(15-18(19(17)26)22(4,5)6)20(23(7,8)9)25-12-10-24-11-13-25;;/h14-15,20,24,26H,10-13H2,1-9H3;2*1H/t20-;;/m0../s1. The lowest BCUT2D eigenvalue weighted by molar-refractivity contribution is 0.0859. The van der Waals surface area contributed by atoms with Crippen LogP contribution in [-0.4, -0.2) is 36.2 Å². The van der Waals surface area contributed by atoms with Gasteiger partial charge in [0.05, 0.1) is 0 Å². The minimum atomic E-state index is -0.0913. The lowest BCUT2D eigenvalue weighted by Crippen LogP contribution is -2.48. The number of nitrogens with one attached hydrogen (secondary N) is 1. The minimum Gasteiger partial charge on any atom is -0.507 e. The van der Waals surface area contributed by atoms with Crippen molar-refractivity contribution in [2.24, 2.45) is 5.41 Å². The number of nitrogens with zero attached hydrogens (tertiary/aromatic N) is 1. The van der Waals surface area contributed by atoms with Crippen molar-refractivity contribution in [2.75, 3.05) is 26.2 Å². The first-order chi connectivity index (χ1) is 11.7. The van der Waals surface area contributed by atoms with Crippen LogP contribution >= 0.6 is 24.8 Å². The first kappa shape index (κ1) is 27.5. The summed E-state index contributed by atoms with van der Waals surface area (Å²) >= 11 is 0. The summed E-state index contributed by atoms with van der Waals surface area (Å²) in [6, 6.07) is 4.87. The maximum atomic E-state index is 11.1. The molecule has 5 heteroatoms. The highest BCUT2D eigenvalue weighted by Crippen LogP contribution is 2.45. The van der Waals surface area contributed by atoms with Crippen molar-refractivity contribution in [3.63, 3.8) is 0 Å². The molecule has 0 aliphatic carbocycles. The molecule has 1 aromatic carbocycles. The van der Waals surface area contributed by atoms with Crippen molar-refractivity contribution in [2.45, 2.75) is 79.2 Å². The van der Waals surface area contributed by atoms with Gasteiger partial charge in [0.1, 0.15) is 5.75 Å². The van der Waals surface area contributed by atoms with Crippen LogP contribution in [0.1, 0.15) is 85.0 Å². The molecule has 0 saturated carbocycles. The molecule has 1 saturated heterocycles. The largest absolute Gasteiger partial charge is 0.507 e. The van der Waals surface area contributed by atoms with E-state index < -0.39 is 0 Å². The van der Waals surface area contributed by atoms with E-state index in [4.69, 9.17) is 0 Å². The number of rotatable bonds is 2. The Morgan fingerprint density at radius 3 is 1.54 bits per heavy atom. The fourth-order valence-electron chi connectivity index (χ4n) is 4.16. The molecule has 0 bridgehead atoms. The van der Waals surface area contributed by atoms with E-state index in [1.807, 2.05) is 0 Å². The van der Waals surface area contributed by atoms with Gasteiger partial charge < -0.3 is 10.4 Å². The number of phenolic OH excluding ortho intramolecular Hbond substituents is 1. The van der Waals surface area contributed by atoms with E-state index in [1.165, 1.54) is 5.56 Å². The summed E-state index contributed by atoms with van der Waals surface area (Å²) in [5.74, 6) is 0.474. The number of benzene rings is 1. The summed E-state index contributed by atoms with van der Waals surface area (Å²) in [6.07, 6.45) is 0. The summed E-state index contributed by atoms with van der Waals surface area (Å²) < 4.78 is 0. The third-order valence-corrected chi connectivity index (χ3v) is 5.40. The Labute approximate surface area is 185 Å². The summed E-state index contributed by atoms with van der Waals surface area (Å²) in [5, 5.41) is 14.5. The van der Waals surface area contributed by atoms with E-state index in [9.17, 15) is 5.11 Å². The van der Waals surface area contributed by atoms with Crippen LogP contribution < -0.4 is 5.32 Å². The Kier molecular flexibility index (Phi) is 9.39. The smallest absolute Gasteiger partial charge is 0.123 e. The zero-order chi connectivity index (χ0) is 19.9. The van der Waals surface area contributed by atoms with Crippen molar-refractivity contribution >= 4 is 24.8 Å². The highest BCUT2D eigenvalue weighted by Gasteiger charge is 2.35. The molecule has 1 atom stereocenters. The first-order valence-electron chi connectivity index (χ1n) is 10.1. The van der Waals surface area contributed by atoms with Crippen LogP contribution in [-0.2, 0) is 10.8 Å². The molecular weight excluding hydrogens is 391 g/mol. The molecule has 164 valence electrons. The third-order valence-electron chi connectivity index (χ3n) is 5.40. The van der Waals surface area contributed by atoms with Gasteiger partial charge in [0, 0.05) is 32.2 Å². The first-order valence-corrected chi connectivity index (χ1v) is 10.1. The lowest BCUT2D eigenvalue weighted by Gasteiger charge is -2.43. The lowest BCUT2D eigenvalue weighted by atomic mass is 9.74. The molecule has 1 aliphatic rings. The SMILES string of the molecule is CC(C)(C)c1cc([C@H](N2CCNCC2)C(C)(C)C)cc(C(C)(C)C)c1O.Cl.Cl. The number of halogens is 2. The molecule has 1 fully saturated rings. The van der Waals surface area contributed by atoms with Crippen molar-refractivity contribution in [1.82, 2.24) is 10.2 Å². The topological polar surface area (TPSA) is 35.5 Å². The molecule has 28 heavy (non-hydrogen) atoms. The van der Waals surface area contributed by atoms with E-state index in [2.05, 4.69) is 84.7 Å². The Hall–Kier alpha value is -0.480. The molecule has 2 rings (SSSR count). The summed E-state index contributed by atoms with van der Waals surface area (Å²) in [7, 11) is 0. The predicted octanol–water partition coefficient (Wildman–Crippen LogP) is 5.82. The summed E-state index contributed by atoms with van der Waals surface area (Å²) in [4.78, 5) is 2.61. The molecule has 1 heterocycles. The molecule has 1 aliphatic heterocycles. The Morgan fingerprint density at radius 2 is 1.21 bits per heavy atom. The summed E-state index contributed by atoms with van der Waals surface area (Å²) in [6.45, 7) is 24.4. The summed E-state index contributed by atoms with van der Waals surface area (Å²) in [5.41, 5.74) is 3.40. The second-order valence-electron chi connectivity index (χ2n) is 11.0. The predicted molar refractivity (Wildman–Crippen MR) is 127 cm³/mol. The number of aromatic hydroxyl groups is 1. The highest BCUT2D eigenvalue weighted by atomic mass is 35.5. The van der Waals surface area contributed by atoms with Crippen LogP contribution in [0.5, 0.6) is 5.75 Å². The molecule has 0 amide bonds. The van der Waals surface area contributed by atoms with Crippen LogP contribution in [0.2, 0.25) is 0 Å². The Balaban J connectivity index is 0.00000364. The van der Waals surface area contributed by atoms with Crippen LogP contribution in [0.4, 0.5) is 0 Å². The normalized spacial score (nSPS) is 17.5. The van der Waals surface area contributed by atoms with Gasteiger partial charge in [0.15, 0.2) is 0 Å². The fourth-order valence-corrected chi connectivity index (χ4v) is 4.16. The molecule has 0 unspecified atom stereocenters. The van der Waals surface area contributed by atoms with Gasteiger partial charge in [-0.3, -0.25) is 4.90 Å². The van der Waals surface area contributed by atoms with Crippen LogP contribution in [0.3, 0.4) is 0 Å². The van der Waals surface area contributed by atoms with Crippen molar-refractivity contribution < 1.29 is 5.11 Å². The van der Waals surface area contributed by atoms with E-state index in [-0.39, 0.29) is 41.1 Å². The van der Waals surface area contributed by atoms with E-state index in [0.717, 1.165) is 37.3 Å². The maximum absolute atomic E-state index is 11.1. The average molecular weight is 434 g/mol.